The first-order valence-electron chi connectivity index (χ1n) is 8.85. The average Bonchev–Trinajstić information content (AvgIpc) is 3.28. The molecule has 0 aliphatic carbocycles. The number of benzene rings is 2. The Hall–Kier alpha value is -3.02. The van der Waals surface area contributed by atoms with Crippen molar-refractivity contribution in [1.82, 2.24) is 15.2 Å². The van der Waals surface area contributed by atoms with E-state index in [1.54, 1.807) is 0 Å². The number of carbonyl (C=O) groups excluding carboxylic acids is 2. The molecule has 1 saturated heterocycles. The third-order valence-corrected chi connectivity index (χ3v) is 6.72. The van der Waals surface area contributed by atoms with E-state index in [1.165, 1.54) is 34.6 Å². The Morgan fingerprint density at radius 3 is 2.37 bits per heavy atom. The maximum Gasteiger partial charge on any atom is 0.271 e. The Morgan fingerprint density at radius 1 is 1.03 bits per heavy atom. The molecule has 0 spiro atoms. The van der Waals surface area contributed by atoms with E-state index < -0.39 is 26.8 Å². The zero-order valence-electron chi connectivity index (χ0n) is 15.5. The van der Waals surface area contributed by atoms with Crippen LogP contribution < -0.4 is 10.9 Å². The first-order valence-corrected chi connectivity index (χ1v) is 10.7. The number of hydrazine groups is 1. The minimum absolute atomic E-state index is 0.00234. The van der Waals surface area contributed by atoms with Crippen molar-refractivity contribution in [1.29, 1.82) is 0 Å². The van der Waals surface area contributed by atoms with Crippen LogP contribution in [-0.4, -0.2) is 42.6 Å². The zero-order chi connectivity index (χ0) is 21.9. The van der Waals surface area contributed by atoms with E-state index in [9.17, 15) is 28.1 Å². The highest BCUT2D eigenvalue weighted by Gasteiger charge is 2.28. The molecule has 2 aromatic carbocycles. The summed E-state index contributed by atoms with van der Waals surface area (Å²) in [7, 11) is -3.76. The SMILES string of the molecule is O=C(NNC(=O)c1cc(S(=O)(=O)N2CCCC2)ccc1Cl)c1cccc([N+](=O)[O-])c1. The van der Waals surface area contributed by atoms with Gasteiger partial charge in [0.25, 0.3) is 17.5 Å². The first-order chi connectivity index (χ1) is 14.2. The van der Waals surface area contributed by atoms with Gasteiger partial charge in [0.05, 0.1) is 20.4 Å². The van der Waals surface area contributed by atoms with Crippen LogP contribution in [0, 0.1) is 10.1 Å². The molecule has 158 valence electrons. The van der Waals surface area contributed by atoms with Gasteiger partial charge in [-0.1, -0.05) is 17.7 Å². The van der Waals surface area contributed by atoms with E-state index in [4.69, 9.17) is 11.6 Å². The van der Waals surface area contributed by atoms with Gasteiger partial charge in [0.2, 0.25) is 10.0 Å². The Bertz CT molecular complexity index is 1120. The summed E-state index contributed by atoms with van der Waals surface area (Å²) in [6.07, 6.45) is 1.54. The van der Waals surface area contributed by atoms with Gasteiger partial charge in [0, 0.05) is 30.8 Å². The molecule has 3 rings (SSSR count). The number of halogens is 1. The van der Waals surface area contributed by atoms with E-state index in [-0.39, 0.29) is 26.7 Å². The highest BCUT2D eigenvalue weighted by Crippen LogP contribution is 2.25. The lowest BCUT2D eigenvalue weighted by atomic mass is 10.2. The second-order valence-corrected chi connectivity index (χ2v) is 8.81. The van der Waals surface area contributed by atoms with E-state index in [0.29, 0.717) is 13.1 Å². The van der Waals surface area contributed by atoms with Crippen LogP contribution in [0.25, 0.3) is 0 Å². The Labute approximate surface area is 177 Å². The predicted octanol–water partition coefficient (Wildman–Crippen LogP) is 2.11. The minimum atomic E-state index is -3.76. The number of nitrogens with one attached hydrogen (secondary N) is 2. The molecule has 12 heteroatoms. The molecule has 0 saturated carbocycles. The maximum atomic E-state index is 12.7. The highest BCUT2D eigenvalue weighted by atomic mass is 35.5. The van der Waals surface area contributed by atoms with Crippen LogP contribution in [0.3, 0.4) is 0 Å². The van der Waals surface area contributed by atoms with Crippen molar-refractivity contribution in [2.75, 3.05) is 13.1 Å². The highest BCUT2D eigenvalue weighted by molar-refractivity contribution is 7.89. The molecule has 2 aromatic rings. The van der Waals surface area contributed by atoms with Crippen LogP contribution in [0.4, 0.5) is 5.69 Å². The van der Waals surface area contributed by atoms with Gasteiger partial charge in [0.1, 0.15) is 0 Å². The maximum absolute atomic E-state index is 12.7. The normalized spacial score (nSPS) is 14.3. The third-order valence-electron chi connectivity index (χ3n) is 4.49. The number of carbonyl (C=O) groups is 2. The fraction of sp³-hybridized carbons (Fsp3) is 0.222. The summed E-state index contributed by atoms with van der Waals surface area (Å²) >= 11 is 6.03. The van der Waals surface area contributed by atoms with Gasteiger partial charge in [0.15, 0.2) is 0 Å². The summed E-state index contributed by atoms with van der Waals surface area (Å²) in [6.45, 7) is 0.817. The second kappa shape index (κ2) is 8.78. The average molecular weight is 453 g/mol. The number of non-ortho nitro benzene ring substituents is 1. The molecule has 0 bridgehead atoms. The van der Waals surface area contributed by atoms with Crippen LogP contribution in [0.2, 0.25) is 5.02 Å². The number of nitro benzene ring substituents is 1. The largest absolute Gasteiger partial charge is 0.271 e. The van der Waals surface area contributed by atoms with Crippen molar-refractivity contribution in [3.63, 3.8) is 0 Å². The van der Waals surface area contributed by atoms with Gasteiger partial charge >= 0.3 is 0 Å². The van der Waals surface area contributed by atoms with Crippen LogP contribution in [-0.2, 0) is 10.0 Å². The molecule has 1 aliphatic rings. The monoisotopic (exact) mass is 452 g/mol. The molecule has 1 fully saturated rings. The molecule has 2 N–H and O–H groups in total. The van der Waals surface area contributed by atoms with Crippen molar-refractivity contribution < 1.29 is 22.9 Å². The van der Waals surface area contributed by atoms with Crippen molar-refractivity contribution in [3.05, 3.63) is 68.7 Å². The summed E-state index contributed by atoms with van der Waals surface area (Å²) in [4.78, 5) is 34.7. The summed E-state index contributed by atoms with van der Waals surface area (Å²) in [6, 6.07) is 8.70. The molecule has 0 radical (unpaired) electrons. The van der Waals surface area contributed by atoms with E-state index >= 15 is 0 Å². The van der Waals surface area contributed by atoms with Crippen molar-refractivity contribution in [3.8, 4) is 0 Å². The van der Waals surface area contributed by atoms with Gasteiger partial charge in [-0.25, -0.2) is 8.42 Å². The van der Waals surface area contributed by atoms with Crippen LogP contribution in [0.5, 0.6) is 0 Å². The van der Waals surface area contributed by atoms with Gasteiger partial charge in [-0.3, -0.25) is 30.6 Å². The number of nitro groups is 1. The zero-order valence-corrected chi connectivity index (χ0v) is 17.1. The second-order valence-electron chi connectivity index (χ2n) is 6.47. The van der Waals surface area contributed by atoms with Crippen molar-refractivity contribution in [2.24, 2.45) is 0 Å². The molecule has 2 amide bonds. The van der Waals surface area contributed by atoms with E-state index in [0.717, 1.165) is 25.0 Å². The van der Waals surface area contributed by atoms with Gasteiger partial charge in [-0.05, 0) is 37.1 Å². The molecule has 30 heavy (non-hydrogen) atoms. The van der Waals surface area contributed by atoms with Crippen molar-refractivity contribution >= 4 is 39.1 Å². The number of hydrogen-bond donors (Lipinski definition) is 2. The number of hydrogen-bond acceptors (Lipinski definition) is 6. The van der Waals surface area contributed by atoms with Gasteiger partial charge < -0.3 is 0 Å². The van der Waals surface area contributed by atoms with Gasteiger partial charge in [-0.15, -0.1) is 0 Å². The lowest BCUT2D eigenvalue weighted by Gasteiger charge is -2.16. The van der Waals surface area contributed by atoms with Crippen molar-refractivity contribution in [2.45, 2.75) is 17.7 Å². The first kappa shape index (κ1) is 21.7. The Morgan fingerprint density at radius 2 is 1.70 bits per heavy atom. The van der Waals surface area contributed by atoms with Crippen LogP contribution >= 0.6 is 11.6 Å². The Kier molecular flexibility index (Phi) is 6.34. The third kappa shape index (κ3) is 4.58. The minimum Gasteiger partial charge on any atom is -0.267 e. The molecule has 0 atom stereocenters. The quantitative estimate of drug-likeness (QED) is 0.526. The lowest BCUT2D eigenvalue weighted by molar-refractivity contribution is -0.384. The molecular weight excluding hydrogens is 436 g/mol. The fourth-order valence-corrected chi connectivity index (χ4v) is 4.68. The molecular formula is C18H17ClN4O6S. The topological polar surface area (TPSA) is 139 Å². The number of amides is 2. The molecule has 0 unspecified atom stereocenters. The fourth-order valence-electron chi connectivity index (χ4n) is 2.93. The Balaban J connectivity index is 1.74. The smallest absolute Gasteiger partial charge is 0.267 e. The number of rotatable bonds is 5. The summed E-state index contributed by atoms with van der Waals surface area (Å²) in [5.41, 5.74) is 3.79. The predicted molar refractivity (Wildman–Crippen MR) is 107 cm³/mol. The van der Waals surface area contributed by atoms with Gasteiger partial charge in [-0.2, -0.15) is 4.31 Å². The summed E-state index contributed by atoms with van der Waals surface area (Å²) in [5.74, 6) is -1.62. The van der Waals surface area contributed by atoms with Crippen LogP contribution in [0.1, 0.15) is 33.6 Å². The van der Waals surface area contributed by atoms with E-state index in [2.05, 4.69) is 10.9 Å². The standard InChI is InChI=1S/C18H17ClN4O6S/c19-16-7-6-14(30(28,29)22-8-1-2-9-22)11-15(16)18(25)21-20-17(24)12-4-3-5-13(10-12)23(26)27/h3-7,10-11H,1-2,8-9H2,(H,20,24)(H,21,25). The number of sulfonamides is 1. The van der Waals surface area contributed by atoms with Crippen LogP contribution in [0.15, 0.2) is 47.4 Å². The molecule has 0 aromatic heterocycles. The molecule has 1 aliphatic heterocycles. The van der Waals surface area contributed by atoms with E-state index in [1.807, 2.05) is 0 Å². The lowest BCUT2D eigenvalue weighted by Crippen LogP contribution is -2.41. The number of nitrogens with zero attached hydrogens (tertiary/aromatic N) is 2. The molecule has 1 heterocycles. The summed E-state index contributed by atoms with van der Waals surface area (Å²) < 4.78 is 26.7. The summed E-state index contributed by atoms with van der Waals surface area (Å²) in [5, 5.41) is 10.8. The molecule has 10 nitrogen and oxygen atoms in total.